The number of nitrogens with one attached hydrogen (secondary N) is 1. The first-order chi connectivity index (χ1) is 9.97. The fraction of sp³-hybridized carbons (Fsp3) is 0.133. The summed E-state index contributed by atoms with van der Waals surface area (Å²) < 4.78 is 6.14. The Hall–Kier alpha value is -1.23. The monoisotopic (exact) mass is 387 g/mol. The van der Waals surface area contributed by atoms with Crippen molar-refractivity contribution in [3.8, 4) is 5.75 Å². The standard InChI is InChI=1S/C15H12BrCl2NO2/c1-9-12(18)3-2-4-13(9)19-15(20)8-21-14-6-5-10(17)7-11(14)16/h2-7H,8H2,1H3,(H,19,20). The van der Waals surface area contributed by atoms with Crippen LogP contribution in [0.25, 0.3) is 0 Å². The second kappa shape index (κ2) is 7.16. The van der Waals surface area contributed by atoms with Crippen molar-refractivity contribution in [2.24, 2.45) is 0 Å². The SMILES string of the molecule is Cc1c(Cl)cccc1NC(=O)COc1ccc(Cl)cc1Br. The molecule has 0 spiro atoms. The number of carbonyl (C=O) groups excluding carboxylic acids is 1. The number of rotatable bonds is 4. The molecule has 0 saturated carbocycles. The van der Waals surface area contributed by atoms with Crippen LogP contribution in [0, 0.1) is 6.92 Å². The fourth-order valence-electron chi connectivity index (χ4n) is 1.66. The van der Waals surface area contributed by atoms with Gasteiger partial charge in [-0.05, 0) is 58.7 Å². The Morgan fingerprint density at radius 1 is 1.29 bits per heavy atom. The van der Waals surface area contributed by atoms with E-state index in [0.717, 1.165) is 5.56 Å². The topological polar surface area (TPSA) is 38.3 Å². The van der Waals surface area contributed by atoms with Crippen molar-refractivity contribution in [3.63, 3.8) is 0 Å². The molecule has 0 aliphatic rings. The van der Waals surface area contributed by atoms with E-state index in [0.29, 0.717) is 26.0 Å². The Morgan fingerprint density at radius 3 is 2.76 bits per heavy atom. The summed E-state index contributed by atoms with van der Waals surface area (Å²) in [6.07, 6.45) is 0. The van der Waals surface area contributed by atoms with Crippen molar-refractivity contribution in [2.75, 3.05) is 11.9 Å². The van der Waals surface area contributed by atoms with Gasteiger partial charge in [-0.2, -0.15) is 0 Å². The van der Waals surface area contributed by atoms with Gasteiger partial charge in [-0.3, -0.25) is 4.79 Å². The molecule has 110 valence electrons. The van der Waals surface area contributed by atoms with E-state index in [1.807, 2.05) is 6.92 Å². The summed E-state index contributed by atoms with van der Waals surface area (Å²) in [5, 5.41) is 3.96. The summed E-state index contributed by atoms with van der Waals surface area (Å²) >= 11 is 15.2. The number of carbonyl (C=O) groups is 1. The van der Waals surface area contributed by atoms with Crippen molar-refractivity contribution < 1.29 is 9.53 Å². The maximum Gasteiger partial charge on any atom is 0.262 e. The fourth-order valence-corrected chi connectivity index (χ4v) is 2.64. The van der Waals surface area contributed by atoms with Crippen molar-refractivity contribution in [3.05, 3.63) is 56.5 Å². The van der Waals surface area contributed by atoms with E-state index < -0.39 is 0 Å². The third kappa shape index (κ3) is 4.37. The average molecular weight is 389 g/mol. The smallest absolute Gasteiger partial charge is 0.262 e. The summed E-state index contributed by atoms with van der Waals surface area (Å²) in [6.45, 7) is 1.74. The third-order valence-corrected chi connectivity index (χ3v) is 4.06. The van der Waals surface area contributed by atoms with Crippen LogP contribution in [0.3, 0.4) is 0 Å². The second-order valence-electron chi connectivity index (χ2n) is 4.32. The normalized spacial score (nSPS) is 10.3. The molecular formula is C15H12BrCl2NO2. The van der Waals surface area contributed by atoms with Crippen LogP contribution in [0.15, 0.2) is 40.9 Å². The van der Waals surface area contributed by atoms with Crippen molar-refractivity contribution in [1.29, 1.82) is 0 Å². The Kier molecular flexibility index (Phi) is 5.51. The van der Waals surface area contributed by atoms with Crippen molar-refractivity contribution in [1.82, 2.24) is 0 Å². The zero-order valence-corrected chi connectivity index (χ0v) is 14.2. The van der Waals surface area contributed by atoms with Crippen molar-refractivity contribution in [2.45, 2.75) is 6.92 Å². The quantitative estimate of drug-likeness (QED) is 0.792. The van der Waals surface area contributed by atoms with E-state index in [9.17, 15) is 4.79 Å². The highest BCUT2D eigenvalue weighted by Gasteiger charge is 2.09. The zero-order valence-electron chi connectivity index (χ0n) is 11.1. The molecular weight excluding hydrogens is 377 g/mol. The molecule has 6 heteroatoms. The summed E-state index contributed by atoms with van der Waals surface area (Å²) in [7, 11) is 0. The molecule has 0 fully saturated rings. The Bertz CT molecular complexity index is 677. The van der Waals surface area contributed by atoms with E-state index >= 15 is 0 Å². The molecule has 2 rings (SSSR count). The molecule has 0 aromatic heterocycles. The van der Waals surface area contributed by atoms with Crippen LogP contribution in [0.1, 0.15) is 5.56 Å². The van der Waals surface area contributed by atoms with Crippen LogP contribution in [0.5, 0.6) is 5.75 Å². The van der Waals surface area contributed by atoms with Gasteiger partial charge in [-0.25, -0.2) is 0 Å². The number of halogens is 3. The molecule has 0 unspecified atom stereocenters. The van der Waals surface area contributed by atoms with Gasteiger partial charge in [0.2, 0.25) is 0 Å². The lowest BCUT2D eigenvalue weighted by molar-refractivity contribution is -0.118. The van der Waals surface area contributed by atoms with Crippen LogP contribution in [0.2, 0.25) is 10.0 Å². The second-order valence-corrected chi connectivity index (χ2v) is 6.02. The molecule has 0 heterocycles. The largest absolute Gasteiger partial charge is 0.483 e. The van der Waals surface area contributed by atoms with Gasteiger partial charge in [0.1, 0.15) is 5.75 Å². The molecule has 2 aromatic rings. The van der Waals surface area contributed by atoms with Crippen LogP contribution in [0.4, 0.5) is 5.69 Å². The van der Waals surface area contributed by atoms with Crippen molar-refractivity contribution >= 4 is 50.7 Å². The number of hydrogen-bond acceptors (Lipinski definition) is 2. The lowest BCUT2D eigenvalue weighted by Crippen LogP contribution is -2.20. The first kappa shape index (κ1) is 16.1. The Balaban J connectivity index is 1.97. The Labute approximate surface area is 141 Å². The van der Waals surface area contributed by atoms with Gasteiger partial charge in [0.05, 0.1) is 4.47 Å². The minimum Gasteiger partial charge on any atom is -0.483 e. The number of amides is 1. The molecule has 0 saturated heterocycles. The molecule has 0 atom stereocenters. The van der Waals surface area contributed by atoms with E-state index in [1.165, 1.54) is 0 Å². The molecule has 1 N–H and O–H groups in total. The van der Waals surface area contributed by atoms with Gasteiger partial charge in [0.15, 0.2) is 6.61 Å². The van der Waals surface area contributed by atoms with Gasteiger partial charge in [0, 0.05) is 15.7 Å². The van der Waals surface area contributed by atoms with E-state index in [-0.39, 0.29) is 12.5 Å². The molecule has 21 heavy (non-hydrogen) atoms. The molecule has 1 amide bonds. The summed E-state index contributed by atoms with van der Waals surface area (Å²) in [5.41, 5.74) is 1.49. The molecule has 3 nitrogen and oxygen atoms in total. The lowest BCUT2D eigenvalue weighted by Gasteiger charge is -2.11. The molecule has 2 aromatic carbocycles. The zero-order chi connectivity index (χ0) is 15.4. The van der Waals surface area contributed by atoms with E-state index in [2.05, 4.69) is 21.2 Å². The van der Waals surface area contributed by atoms with Gasteiger partial charge < -0.3 is 10.1 Å². The van der Waals surface area contributed by atoms with Crippen LogP contribution in [-0.4, -0.2) is 12.5 Å². The van der Waals surface area contributed by atoms with Gasteiger partial charge in [-0.15, -0.1) is 0 Å². The van der Waals surface area contributed by atoms with E-state index in [1.54, 1.807) is 36.4 Å². The predicted molar refractivity (Wildman–Crippen MR) is 89.5 cm³/mol. The minimum absolute atomic E-state index is 0.105. The molecule has 0 bridgehead atoms. The van der Waals surface area contributed by atoms with E-state index in [4.69, 9.17) is 27.9 Å². The van der Waals surface area contributed by atoms with Gasteiger partial charge in [0.25, 0.3) is 5.91 Å². The molecule has 0 aliphatic carbocycles. The van der Waals surface area contributed by atoms with Gasteiger partial charge >= 0.3 is 0 Å². The summed E-state index contributed by atoms with van der Waals surface area (Å²) in [6, 6.07) is 10.4. The number of hydrogen-bond donors (Lipinski definition) is 1. The van der Waals surface area contributed by atoms with Crippen LogP contribution >= 0.6 is 39.1 Å². The highest BCUT2D eigenvalue weighted by atomic mass is 79.9. The number of benzene rings is 2. The number of anilines is 1. The molecule has 0 radical (unpaired) electrons. The number of ether oxygens (including phenoxy) is 1. The van der Waals surface area contributed by atoms with Crippen LogP contribution < -0.4 is 10.1 Å². The minimum atomic E-state index is -0.262. The van der Waals surface area contributed by atoms with Crippen LogP contribution in [-0.2, 0) is 4.79 Å². The lowest BCUT2D eigenvalue weighted by atomic mass is 10.2. The maximum atomic E-state index is 11.9. The third-order valence-electron chi connectivity index (χ3n) is 2.79. The molecule has 0 aliphatic heterocycles. The van der Waals surface area contributed by atoms with Gasteiger partial charge in [-0.1, -0.05) is 29.3 Å². The summed E-state index contributed by atoms with van der Waals surface area (Å²) in [4.78, 5) is 11.9. The maximum absolute atomic E-state index is 11.9. The summed E-state index contributed by atoms with van der Waals surface area (Å²) in [5.74, 6) is 0.291. The average Bonchev–Trinajstić information content (AvgIpc) is 2.43. The predicted octanol–water partition coefficient (Wildman–Crippen LogP) is 5.08. The first-order valence-corrected chi connectivity index (χ1v) is 7.65. The Morgan fingerprint density at radius 2 is 2.05 bits per heavy atom. The first-order valence-electron chi connectivity index (χ1n) is 6.10. The highest BCUT2D eigenvalue weighted by molar-refractivity contribution is 9.10. The highest BCUT2D eigenvalue weighted by Crippen LogP contribution is 2.28.